The predicted octanol–water partition coefficient (Wildman–Crippen LogP) is 1.58. The van der Waals surface area contributed by atoms with Crippen LogP contribution in [0.5, 0.6) is 0 Å². The molecule has 0 amide bonds. The lowest BCUT2D eigenvalue weighted by Gasteiger charge is -1.96. The van der Waals surface area contributed by atoms with E-state index in [1.807, 2.05) is 13.8 Å². The van der Waals surface area contributed by atoms with Crippen LogP contribution in [0.1, 0.15) is 13.8 Å². The summed E-state index contributed by atoms with van der Waals surface area (Å²) in [7, 11) is 0. The number of hydrogen-bond acceptors (Lipinski definition) is 2. The first kappa shape index (κ1) is 8.71. The third kappa shape index (κ3) is 2.34. The van der Waals surface area contributed by atoms with E-state index in [2.05, 4.69) is 4.98 Å². The molecule has 3 heteroatoms. The van der Waals surface area contributed by atoms with Crippen LogP contribution >= 0.6 is 0 Å². The molecule has 0 saturated heterocycles. The monoisotopic (exact) mass is 164 g/mol. The van der Waals surface area contributed by atoms with Crippen LogP contribution in [0.15, 0.2) is 24.8 Å². The normalized spacial score (nSPS) is 11.2. The molecule has 0 aliphatic carbocycles. The minimum atomic E-state index is 0.0600. The maximum absolute atomic E-state index is 11.1. The van der Waals surface area contributed by atoms with Crippen LogP contribution in [0.25, 0.3) is 6.20 Å². The van der Waals surface area contributed by atoms with E-state index in [1.54, 1.807) is 35.6 Å². The average Bonchev–Trinajstić information content (AvgIpc) is 2.51. The van der Waals surface area contributed by atoms with E-state index in [0.717, 1.165) is 0 Å². The zero-order valence-corrected chi connectivity index (χ0v) is 7.27. The number of hydrogen-bond donors (Lipinski definition) is 0. The van der Waals surface area contributed by atoms with Gasteiger partial charge in [-0.15, -0.1) is 0 Å². The summed E-state index contributed by atoms with van der Waals surface area (Å²) in [5, 5.41) is 0. The van der Waals surface area contributed by atoms with E-state index in [9.17, 15) is 4.79 Å². The molecule has 0 saturated carbocycles. The molecule has 12 heavy (non-hydrogen) atoms. The van der Waals surface area contributed by atoms with Gasteiger partial charge in [-0.3, -0.25) is 4.79 Å². The van der Waals surface area contributed by atoms with Crippen molar-refractivity contribution in [3.63, 3.8) is 0 Å². The largest absolute Gasteiger partial charge is 0.313 e. The first-order valence-corrected chi connectivity index (χ1v) is 3.89. The summed E-state index contributed by atoms with van der Waals surface area (Å²) >= 11 is 0. The first-order chi connectivity index (χ1) is 5.70. The Morgan fingerprint density at radius 1 is 1.58 bits per heavy atom. The Hall–Kier alpha value is -1.38. The zero-order chi connectivity index (χ0) is 8.97. The smallest absolute Gasteiger partial charge is 0.159 e. The second-order valence-corrected chi connectivity index (χ2v) is 2.88. The lowest BCUT2D eigenvalue weighted by atomic mass is 10.1. The van der Waals surface area contributed by atoms with Gasteiger partial charge in [0, 0.05) is 24.5 Å². The Morgan fingerprint density at radius 3 is 2.83 bits per heavy atom. The van der Waals surface area contributed by atoms with Crippen LogP contribution in [0, 0.1) is 5.92 Å². The van der Waals surface area contributed by atoms with Crippen molar-refractivity contribution in [3.8, 4) is 0 Å². The third-order valence-corrected chi connectivity index (χ3v) is 1.50. The Balaban J connectivity index is 2.57. The summed E-state index contributed by atoms with van der Waals surface area (Å²) in [6.07, 6.45) is 8.36. The van der Waals surface area contributed by atoms with Crippen LogP contribution in [-0.4, -0.2) is 15.3 Å². The number of rotatable bonds is 3. The number of imidazole rings is 1. The van der Waals surface area contributed by atoms with Gasteiger partial charge < -0.3 is 4.57 Å². The molecule has 3 nitrogen and oxygen atoms in total. The molecule has 0 N–H and O–H groups in total. The molecule has 0 aliphatic heterocycles. The van der Waals surface area contributed by atoms with Crippen LogP contribution in [0.3, 0.4) is 0 Å². The average molecular weight is 164 g/mol. The molecule has 0 bridgehead atoms. The van der Waals surface area contributed by atoms with Gasteiger partial charge in [0.05, 0.1) is 6.33 Å². The number of ketones is 1. The predicted molar refractivity (Wildman–Crippen MR) is 47.4 cm³/mol. The number of carbonyl (C=O) groups excluding carboxylic acids is 1. The third-order valence-electron chi connectivity index (χ3n) is 1.50. The molecule has 0 unspecified atom stereocenters. The zero-order valence-electron chi connectivity index (χ0n) is 7.27. The minimum Gasteiger partial charge on any atom is -0.313 e. The van der Waals surface area contributed by atoms with Crippen molar-refractivity contribution in [1.82, 2.24) is 9.55 Å². The molecule has 1 aromatic rings. The molecule has 0 aliphatic rings. The molecule has 0 spiro atoms. The van der Waals surface area contributed by atoms with Crippen molar-refractivity contribution < 1.29 is 4.79 Å². The molecule has 0 aromatic carbocycles. The SMILES string of the molecule is CC(C)C(=O)/C=C/n1ccnc1. The van der Waals surface area contributed by atoms with Crippen LogP contribution in [0.2, 0.25) is 0 Å². The second kappa shape index (κ2) is 3.85. The maximum atomic E-state index is 11.1. The van der Waals surface area contributed by atoms with E-state index < -0.39 is 0 Å². The Morgan fingerprint density at radius 2 is 2.33 bits per heavy atom. The lowest BCUT2D eigenvalue weighted by Crippen LogP contribution is -2.02. The fourth-order valence-electron chi connectivity index (χ4n) is 0.710. The van der Waals surface area contributed by atoms with Gasteiger partial charge in [-0.25, -0.2) is 4.98 Å². The van der Waals surface area contributed by atoms with Gasteiger partial charge in [0.25, 0.3) is 0 Å². The summed E-state index contributed by atoms with van der Waals surface area (Å²) in [5.41, 5.74) is 0. The molecular weight excluding hydrogens is 152 g/mol. The Bertz CT molecular complexity index is 273. The number of aromatic nitrogens is 2. The summed E-state index contributed by atoms with van der Waals surface area (Å²) in [6, 6.07) is 0. The number of allylic oxidation sites excluding steroid dienone is 1. The van der Waals surface area contributed by atoms with Gasteiger partial charge in [-0.05, 0) is 6.08 Å². The van der Waals surface area contributed by atoms with Crippen molar-refractivity contribution in [1.29, 1.82) is 0 Å². The number of carbonyl (C=O) groups is 1. The van der Waals surface area contributed by atoms with Crippen LogP contribution in [0.4, 0.5) is 0 Å². The fourth-order valence-corrected chi connectivity index (χ4v) is 0.710. The summed E-state index contributed by atoms with van der Waals surface area (Å²) in [4.78, 5) is 15.0. The topological polar surface area (TPSA) is 34.9 Å². The van der Waals surface area contributed by atoms with Gasteiger partial charge in [-0.1, -0.05) is 13.8 Å². The van der Waals surface area contributed by atoms with Crippen molar-refractivity contribution in [3.05, 3.63) is 24.8 Å². The molecule has 0 fully saturated rings. The van der Waals surface area contributed by atoms with Gasteiger partial charge in [-0.2, -0.15) is 0 Å². The van der Waals surface area contributed by atoms with E-state index in [4.69, 9.17) is 0 Å². The highest BCUT2D eigenvalue weighted by molar-refractivity contribution is 5.93. The summed E-state index contributed by atoms with van der Waals surface area (Å²) in [5.74, 6) is 0.188. The van der Waals surface area contributed by atoms with Gasteiger partial charge in [0.1, 0.15) is 0 Å². The van der Waals surface area contributed by atoms with E-state index >= 15 is 0 Å². The molecule has 1 aromatic heterocycles. The van der Waals surface area contributed by atoms with Crippen LogP contribution < -0.4 is 0 Å². The van der Waals surface area contributed by atoms with Gasteiger partial charge in [0.15, 0.2) is 5.78 Å². The van der Waals surface area contributed by atoms with Crippen LogP contribution in [-0.2, 0) is 4.79 Å². The van der Waals surface area contributed by atoms with Crippen molar-refractivity contribution in [2.75, 3.05) is 0 Å². The second-order valence-electron chi connectivity index (χ2n) is 2.88. The molecule has 1 rings (SSSR count). The highest BCUT2D eigenvalue weighted by Crippen LogP contribution is 1.96. The summed E-state index contributed by atoms with van der Waals surface area (Å²) < 4.78 is 1.74. The highest BCUT2D eigenvalue weighted by atomic mass is 16.1. The van der Waals surface area contributed by atoms with E-state index in [1.165, 1.54) is 0 Å². The van der Waals surface area contributed by atoms with Gasteiger partial charge >= 0.3 is 0 Å². The molecular formula is C9H12N2O. The Kier molecular flexibility index (Phi) is 2.80. The minimum absolute atomic E-state index is 0.0600. The van der Waals surface area contributed by atoms with E-state index in [0.29, 0.717) is 0 Å². The summed E-state index contributed by atoms with van der Waals surface area (Å²) in [6.45, 7) is 3.75. The lowest BCUT2D eigenvalue weighted by molar-refractivity contribution is -0.117. The molecule has 64 valence electrons. The van der Waals surface area contributed by atoms with E-state index in [-0.39, 0.29) is 11.7 Å². The van der Waals surface area contributed by atoms with Gasteiger partial charge in [0.2, 0.25) is 0 Å². The molecule has 0 atom stereocenters. The standard InChI is InChI=1S/C9H12N2O/c1-8(2)9(12)3-5-11-6-4-10-7-11/h3-8H,1-2H3/b5-3+. The maximum Gasteiger partial charge on any atom is 0.159 e. The fraction of sp³-hybridized carbons (Fsp3) is 0.333. The quantitative estimate of drug-likeness (QED) is 0.636. The van der Waals surface area contributed by atoms with Crippen molar-refractivity contribution >= 4 is 12.0 Å². The highest BCUT2D eigenvalue weighted by Gasteiger charge is 2.00. The number of nitrogens with zero attached hydrogens (tertiary/aromatic N) is 2. The van der Waals surface area contributed by atoms with Crippen molar-refractivity contribution in [2.24, 2.45) is 5.92 Å². The Labute approximate surface area is 71.7 Å². The molecule has 0 radical (unpaired) electrons. The first-order valence-electron chi connectivity index (χ1n) is 3.89. The molecule has 1 heterocycles. The van der Waals surface area contributed by atoms with Crippen molar-refractivity contribution in [2.45, 2.75) is 13.8 Å².